The Kier molecular flexibility index (Phi) is 10.1. The molecule has 1 aromatic carbocycles. The molecular formula is C30H33N3O10. The number of benzene rings is 1. The summed E-state index contributed by atoms with van der Waals surface area (Å²) in [6, 6.07) is 13.6. The number of ether oxygens (including phenoxy) is 6. The first-order chi connectivity index (χ1) is 20.5. The van der Waals surface area contributed by atoms with Crippen molar-refractivity contribution in [2.45, 2.75) is 71.7 Å². The lowest BCUT2D eigenvalue weighted by molar-refractivity contribution is -0.289. The Balaban J connectivity index is 1.64. The van der Waals surface area contributed by atoms with Crippen LogP contribution in [0, 0.1) is 6.92 Å². The van der Waals surface area contributed by atoms with Crippen LogP contribution in [0.1, 0.15) is 44.5 Å². The van der Waals surface area contributed by atoms with Gasteiger partial charge in [0, 0.05) is 57.1 Å². The number of esters is 4. The Labute approximate surface area is 247 Å². The second-order valence-corrected chi connectivity index (χ2v) is 9.91. The van der Waals surface area contributed by atoms with Crippen molar-refractivity contribution < 1.29 is 47.6 Å². The third kappa shape index (κ3) is 8.16. The number of aromatic amines is 1. The van der Waals surface area contributed by atoms with Gasteiger partial charge in [0.15, 0.2) is 12.2 Å². The number of hydrogen-bond donors (Lipinski definition) is 1. The Hall–Kier alpha value is -4.78. The van der Waals surface area contributed by atoms with Crippen molar-refractivity contribution >= 4 is 23.9 Å². The third-order valence-electron chi connectivity index (χ3n) is 6.51. The van der Waals surface area contributed by atoms with Crippen molar-refractivity contribution in [3.63, 3.8) is 0 Å². The normalized spacial score (nSPS) is 21.4. The van der Waals surface area contributed by atoms with Gasteiger partial charge < -0.3 is 28.4 Å². The molecule has 43 heavy (non-hydrogen) atoms. The fourth-order valence-corrected chi connectivity index (χ4v) is 4.66. The van der Waals surface area contributed by atoms with Crippen LogP contribution in [-0.4, -0.2) is 76.4 Å². The summed E-state index contributed by atoms with van der Waals surface area (Å²) < 4.78 is 33.7. The minimum Gasteiger partial charge on any atom is -0.463 e. The molecule has 0 saturated carbocycles. The summed E-state index contributed by atoms with van der Waals surface area (Å²) in [5, 5.41) is 7.18. The summed E-state index contributed by atoms with van der Waals surface area (Å²) in [4.78, 5) is 52.2. The summed E-state index contributed by atoms with van der Waals surface area (Å²) in [5.74, 6) is -2.67. The molecule has 3 heterocycles. The van der Waals surface area contributed by atoms with Crippen molar-refractivity contribution in [3.05, 3.63) is 65.5 Å². The van der Waals surface area contributed by atoms with Gasteiger partial charge in [0.2, 0.25) is 18.3 Å². The molecule has 13 heteroatoms. The van der Waals surface area contributed by atoms with Gasteiger partial charge in [0.25, 0.3) is 0 Å². The number of H-pyrrole nitrogens is 1. The van der Waals surface area contributed by atoms with E-state index in [-0.39, 0.29) is 12.5 Å². The highest BCUT2D eigenvalue weighted by Crippen LogP contribution is 2.32. The van der Waals surface area contributed by atoms with Crippen LogP contribution < -0.4 is 4.74 Å². The Morgan fingerprint density at radius 1 is 0.837 bits per heavy atom. The summed E-state index contributed by atoms with van der Waals surface area (Å²) >= 11 is 0. The average molecular weight is 596 g/mol. The highest BCUT2D eigenvalue weighted by atomic mass is 16.7. The van der Waals surface area contributed by atoms with Gasteiger partial charge in [-0.05, 0) is 24.6 Å². The minimum absolute atomic E-state index is 0.146. The van der Waals surface area contributed by atoms with Crippen molar-refractivity contribution in [2.75, 3.05) is 6.61 Å². The first-order valence-electron chi connectivity index (χ1n) is 13.5. The molecule has 1 fully saturated rings. The summed E-state index contributed by atoms with van der Waals surface area (Å²) in [6.07, 6.45) is -4.40. The molecule has 0 radical (unpaired) electrons. The molecule has 1 saturated heterocycles. The molecule has 5 atom stereocenters. The van der Waals surface area contributed by atoms with Crippen LogP contribution in [-0.2, 0) is 49.3 Å². The Bertz CT molecular complexity index is 1440. The first kappa shape index (κ1) is 31.2. The van der Waals surface area contributed by atoms with Gasteiger partial charge in [0.05, 0.1) is 5.69 Å². The number of rotatable bonds is 10. The van der Waals surface area contributed by atoms with Crippen LogP contribution >= 0.6 is 0 Å². The molecule has 0 aliphatic carbocycles. The SMILES string of the molecule is CC(=O)OC[C@H]1O[C@@H](Oc2n[nH]c(C)c2Cc2ccc(-c3ccccn3)cc2)[C@H](OC(C)=O)[C@@H](OC(C)=O)[C@@H]1OC(C)=O. The monoisotopic (exact) mass is 595 g/mol. The first-order valence-corrected chi connectivity index (χ1v) is 13.5. The molecule has 13 nitrogen and oxygen atoms in total. The van der Waals surface area contributed by atoms with Crippen LogP contribution in [0.2, 0.25) is 0 Å². The highest BCUT2D eigenvalue weighted by Gasteiger charge is 2.53. The molecule has 1 N–H and O–H groups in total. The van der Waals surface area contributed by atoms with Gasteiger partial charge in [-0.25, -0.2) is 0 Å². The van der Waals surface area contributed by atoms with E-state index in [0.29, 0.717) is 12.0 Å². The van der Waals surface area contributed by atoms with Crippen molar-refractivity contribution in [3.8, 4) is 17.1 Å². The molecular weight excluding hydrogens is 562 g/mol. The Morgan fingerprint density at radius 2 is 1.49 bits per heavy atom. The zero-order valence-electron chi connectivity index (χ0n) is 24.4. The van der Waals surface area contributed by atoms with E-state index in [0.717, 1.165) is 43.3 Å². The number of nitrogens with zero attached hydrogens (tertiary/aromatic N) is 2. The average Bonchev–Trinajstić information content (AvgIpc) is 3.29. The molecule has 0 bridgehead atoms. The summed E-state index contributed by atoms with van der Waals surface area (Å²) in [5.41, 5.74) is 4.17. The van der Waals surface area contributed by atoms with E-state index < -0.39 is 54.6 Å². The van der Waals surface area contributed by atoms with Gasteiger partial charge in [-0.2, -0.15) is 0 Å². The zero-order valence-corrected chi connectivity index (χ0v) is 24.4. The number of hydrogen-bond acceptors (Lipinski definition) is 12. The van der Waals surface area contributed by atoms with E-state index in [9.17, 15) is 19.2 Å². The number of nitrogens with one attached hydrogen (secondary N) is 1. The van der Waals surface area contributed by atoms with E-state index in [1.165, 1.54) is 6.92 Å². The molecule has 0 spiro atoms. The van der Waals surface area contributed by atoms with E-state index >= 15 is 0 Å². The van der Waals surface area contributed by atoms with Crippen molar-refractivity contribution in [2.24, 2.45) is 0 Å². The van der Waals surface area contributed by atoms with Crippen LogP contribution in [0.15, 0.2) is 48.7 Å². The van der Waals surface area contributed by atoms with Crippen LogP contribution in [0.4, 0.5) is 0 Å². The van der Waals surface area contributed by atoms with Crippen LogP contribution in [0.5, 0.6) is 5.88 Å². The molecule has 2 aromatic heterocycles. The third-order valence-corrected chi connectivity index (χ3v) is 6.51. The van der Waals surface area contributed by atoms with Gasteiger partial charge in [-0.15, -0.1) is 5.10 Å². The molecule has 0 amide bonds. The molecule has 228 valence electrons. The number of aryl methyl sites for hydroxylation is 1. The lowest BCUT2D eigenvalue weighted by Gasteiger charge is -2.43. The summed E-state index contributed by atoms with van der Waals surface area (Å²) in [6.45, 7) is 6.11. The predicted octanol–water partition coefficient (Wildman–Crippen LogP) is 2.83. The largest absolute Gasteiger partial charge is 0.463 e. The molecule has 3 aromatic rings. The summed E-state index contributed by atoms with van der Waals surface area (Å²) in [7, 11) is 0. The molecule has 4 rings (SSSR count). The number of carbonyl (C=O) groups excluding carboxylic acids is 4. The quantitative estimate of drug-likeness (QED) is 0.269. The fraction of sp³-hybridized carbons (Fsp3) is 0.400. The van der Waals surface area contributed by atoms with Gasteiger partial charge >= 0.3 is 23.9 Å². The second kappa shape index (κ2) is 13.9. The van der Waals surface area contributed by atoms with Crippen molar-refractivity contribution in [1.29, 1.82) is 0 Å². The van der Waals surface area contributed by atoms with E-state index in [1.807, 2.05) is 49.4 Å². The van der Waals surface area contributed by atoms with E-state index in [1.54, 1.807) is 6.20 Å². The molecule has 1 aliphatic rings. The minimum atomic E-state index is -1.39. The van der Waals surface area contributed by atoms with Gasteiger partial charge in [-0.1, -0.05) is 30.3 Å². The van der Waals surface area contributed by atoms with Crippen LogP contribution in [0.25, 0.3) is 11.3 Å². The smallest absolute Gasteiger partial charge is 0.303 e. The van der Waals surface area contributed by atoms with Crippen molar-refractivity contribution in [1.82, 2.24) is 15.2 Å². The van der Waals surface area contributed by atoms with Gasteiger partial charge in [0.1, 0.15) is 12.7 Å². The predicted molar refractivity (Wildman–Crippen MR) is 148 cm³/mol. The lowest BCUT2D eigenvalue weighted by Crippen LogP contribution is -2.63. The zero-order chi connectivity index (χ0) is 31.1. The lowest BCUT2D eigenvalue weighted by atomic mass is 9.98. The van der Waals surface area contributed by atoms with E-state index in [2.05, 4.69) is 15.2 Å². The maximum absolute atomic E-state index is 12.1. The Morgan fingerprint density at radius 3 is 2.09 bits per heavy atom. The second-order valence-electron chi connectivity index (χ2n) is 9.91. The topological polar surface area (TPSA) is 165 Å². The molecule has 0 unspecified atom stereocenters. The van der Waals surface area contributed by atoms with Crippen LogP contribution in [0.3, 0.4) is 0 Å². The standard InChI is InChI=1S/C30H33N3O10/c1-16-23(14-21-9-11-22(12-10-21)24-8-6-7-13-31-24)29(33-32-16)43-30-28(41-20(5)37)27(40-19(4)36)26(39-18(3)35)25(42-30)15-38-17(2)34/h6-13,25-28,30H,14-15H2,1-5H3,(H,32,33)/t25-,26-,27+,28-,30+/m1/s1. The van der Waals surface area contributed by atoms with Gasteiger partial charge in [-0.3, -0.25) is 29.3 Å². The fourth-order valence-electron chi connectivity index (χ4n) is 4.66. The maximum Gasteiger partial charge on any atom is 0.303 e. The number of carbonyl (C=O) groups is 4. The number of pyridine rings is 1. The number of aromatic nitrogens is 3. The highest BCUT2D eigenvalue weighted by molar-refractivity contribution is 5.69. The molecule has 1 aliphatic heterocycles. The maximum atomic E-state index is 12.1. The van der Waals surface area contributed by atoms with E-state index in [4.69, 9.17) is 28.4 Å².